The van der Waals surface area contributed by atoms with Crippen LogP contribution in [0.2, 0.25) is 0 Å². The van der Waals surface area contributed by atoms with E-state index >= 15 is 0 Å². The first kappa shape index (κ1) is 13.3. The van der Waals surface area contributed by atoms with E-state index in [1.54, 1.807) is 0 Å². The van der Waals surface area contributed by atoms with E-state index < -0.39 is 0 Å². The highest BCUT2D eigenvalue weighted by Crippen LogP contribution is 2.66. The topological polar surface area (TPSA) is 46.3 Å². The Kier molecular flexibility index (Phi) is 2.74. The number of carbonyl (C=O) groups excluding carboxylic acids is 1. The van der Waals surface area contributed by atoms with Crippen molar-refractivity contribution in [3.63, 3.8) is 0 Å². The van der Waals surface area contributed by atoms with Gasteiger partial charge in [-0.05, 0) is 49.6 Å². The zero-order valence-electron chi connectivity index (χ0n) is 12.7. The molecule has 2 saturated carbocycles. The van der Waals surface area contributed by atoms with Gasteiger partial charge >= 0.3 is 0 Å². The molecule has 0 aromatic heterocycles. The fourth-order valence-electron chi connectivity index (χ4n) is 5.67. The van der Waals surface area contributed by atoms with E-state index in [0.29, 0.717) is 12.1 Å². The molecule has 21 heavy (non-hydrogen) atoms. The summed E-state index contributed by atoms with van der Waals surface area (Å²) >= 11 is 0. The molecule has 4 bridgehead atoms. The highest BCUT2D eigenvalue weighted by molar-refractivity contribution is 5.83. The molecule has 3 heteroatoms. The number of nitrogens with zero attached hydrogens (tertiary/aromatic N) is 1. The van der Waals surface area contributed by atoms with Gasteiger partial charge in [-0.1, -0.05) is 37.3 Å². The normalized spacial score (nSPS) is 40.8. The average molecular weight is 284 g/mol. The number of rotatable bonds is 4. The molecule has 4 unspecified atom stereocenters. The van der Waals surface area contributed by atoms with Gasteiger partial charge in [0.2, 0.25) is 5.91 Å². The molecule has 112 valence electrons. The molecule has 1 aromatic carbocycles. The largest absolute Gasteiger partial charge is 0.369 e. The molecule has 2 saturated heterocycles. The third-order valence-electron chi connectivity index (χ3n) is 6.33. The van der Waals surface area contributed by atoms with Crippen LogP contribution in [-0.2, 0) is 10.2 Å². The van der Waals surface area contributed by atoms with Crippen LogP contribution >= 0.6 is 0 Å². The lowest BCUT2D eigenvalue weighted by Crippen LogP contribution is -2.47. The second-order valence-corrected chi connectivity index (χ2v) is 7.36. The lowest BCUT2D eigenvalue weighted by atomic mass is 9.65. The molecule has 2 aliphatic carbocycles. The van der Waals surface area contributed by atoms with Gasteiger partial charge in [0.1, 0.15) is 0 Å². The molecule has 5 rings (SSSR count). The molecule has 0 radical (unpaired) electrons. The van der Waals surface area contributed by atoms with Gasteiger partial charge in [0.05, 0.1) is 5.41 Å². The Labute approximate surface area is 126 Å². The maximum Gasteiger partial charge on any atom is 0.225 e. The molecule has 2 aliphatic heterocycles. The first-order valence-electron chi connectivity index (χ1n) is 8.22. The van der Waals surface area contributed by atoms with Gasteiger partial charge in [-0.2, -0.15) is 0 Å². The van der Waals surface area contributed by atoms with E-state index in [9.17, 15) is 4.79 Å². The minimum absolute atomic E-state index is 0.0615. The number of nitrogens with two attached hydrogens (primary N) is 1. The zero-order chi connectivity index (χ0) is 14.7. The Morgan fingerprint density at radius 3 is 2.71 bits per heavy atom. The van der Waals surface area contributed by atoms with Crippen molar-refractivity contribution in [2.75, 3.05) is 6.54 Å². The minimum Gasteiger partial charge on any atom is -0.369 e. The number of primary amides is 1. The summed E-state index contributed by atoms with van der Waals surface area (Å²) in [6.07, 6.45) is 5.40. The highest BCUT2D eigenvalue weighted by atomic mass is 16.1. The highest BCUT2D eigenvalue weighted by Gasteiger charge is 2.69. The van der Waals surface area contributed by atoms with Crippen molar-refractivity contribution in [3.8, 4) is 0 Å². The first-order chi connectivity index (χ1) is 10.1. The quantitative estimate of drug-likeness (QED) is 0.923. The van der Waals surface area contributed by atoms with Gasteiger partial charge < -0.3 is 5.73 Å². The summed E-state index contributed by atoms with van der Waals surface area (Å²) in [5.41, 5.74) is 7.22. The molecule has 3 nitrogen and oxygen atoms in total. The molecule has 1 amide bonds. The van der Waals surface area contributed by atoms with Crippen molar-refractivity contribution < 1.29 is 4.79 Å². The summed E-state index contributed by atoms with van der Waals surface area (Å²) < 4.78 is 0. The number of hydrogen-bond acceptors (Lipinski definition) is 2. The van der Waals surface area contributed by atoms with Crippen LogP contribution < -0.4 is 5.73 Å². The van der Waals surface area contributed by atoms with Crippen LogP contribution in [0.1, 0.15) is 44.6 Å². The van der Waals surface area contributed by atoms with E-state index in [2.05, 4.69) is 42.2 Å². The van der Waals surface area contributed by atoms with Crippen LogP contribution in [0.3, 0.4) is 0 Å². The van der Waals surface area contributed by atoms with Gasteiger partial charge in [-0.25, -0.2) is 0 Å². The molecular weight excluding hydrogens is 260 g/mol. The van der Waals surface area contributed by atoms with E-state index in [-0.39, 0.29) is 16.7 Å². The maximum atomic E-state index is 12.3. The van der Waals surface area contributed by atoms with Gasteiger partial charge in [-0.3, -0.25) is 9.69 Å². The second kappa shape index (κ2) is 4.33. The molecule has 4 atom stereocenters. The third kappa shape index (κ3) is 1.61. The second-order valence-electron chi connectivity index (χ2n) is 7.36. The fourth-order valence-corrected chi connectivity index (χ4v) is 5.67. The van der Waals surface area contributed by atoms with E-state index in [1.807, 2.05) is 0 Å². The lowest BCUT2D eigenvalue weighted by molar-refractivity contribution is -0.128. The Morgan fingerprint density at radius 2 is 2.05 bits per heavy atom. The summed E-state index contributed by atoms with van der Waals surface area (Å²) in [7, 11) is 0. The summed E-state index contributed by atoms with van der Waals surface area (Å²) in [5.74, 6) is -0.0615. The smallest absolute Gasteiger partial charge is 0.225 e. The van der Waals surface area contributed by atoms with Gasteiger partial charge in [0.25, 0.3) is 0 Å². The summed E-state index contributed by atoms with van der Waals surface area (Å²) in [6.45, 7) is 3.33. The third-order valence-corrected chi connectivity index (χ3v) is 6.33. The van der Waals surface area contributed by atoms with E-state index in [0.717, 1.165) is 32.2 Å². The summed E-state index contributed by atoms with van der Waals surface area (Å²) in [6, 6.07) is 11.7. The molecule has 0 spiro atoms. The van der Waals surface area contributed by atoms with Crippen LogP contribution in [0, 0.1) is 5.41 Å². The Hall–Kier alpha value is -1.35. The van der Waals surface area contributed by atoms with Crippen molar-refractivity contribution in [3.05, 3.63) is 35.9 Å². The lowest BCUT2D eigenvalue weighted by Gasteiger charge is -2.44. The predicted octanol–water partition coefficient (Wildman–Crippen LogP) is 2.45. The Balaban J connectivity index is 1.77. The van der Waals surface area contributed by atoms with Crippen molar-refractivity contribution in [2.45, 2.75) is 56.5 Å². The van der Waals surface area contributed by atoms with Gasteiger partial charge in [0.15, 0.2) is 0 Å². The van der Waals surface area contributed by atoms with Crippen LogP contribution in [0.4, 0.5) is 0 Å². The van der Waals surface area contributed by atoms with E-state index in [1.165, 1.54) is 12.0 Å². The summed E-state index contributed by atoms with van der Waals surface area (Å²) in [4.78, 5) is 14.9. The fraction of sp³-hybridized carbons (Fsp3) is 0.611. The predicted molar refractivity (Wildman–Crippen MR) is 82.8 cm³/mol. The van der Waals surface area contributed by atoms with Crippen molar-refractivity contribution in [1.82, 2.24) is 4.90 Å². The number of piperidine rings is 1. The molecular formula is C18H24N2O. The average Bonchev–Trinajstić information content (AvgIpc) is 2.86. The molecule has 1 aromatic rings. The van der Waals surface area contributed by atoms with Crippen LogP contribution in [-0.4, -0.2) is 29.4 Å². The molecule has 2 N–H and O–H groups in total. The van der Waals surface area contributed by atoms with Crippen LogP contribution in [0.25, 0.3) is 0 Å². The number of benzene rings is 1. The molecule has 4 aliphatic rings. The van der Waals surface area contributed by atoms with Crippen LogP contribution in [0.15, 0.2) is 30.3 Å². The van der Waals surface area contributed by atoms with Gasteiger partial charge in [-0.15, -0.1) is 0 Å². The SMILES string of the molecule is CCCN1C2CC3(c4ccccc4)CC1C(C(N)=O)(C2)C3. The molecule has 2 heterocycles. The zero-order valence-corrected chi connectivity index (χ0v) is 12.7. The number of carbonyl (C=O) groups is 1. The minimum atomic E-state index is -0.270. The standard InChI is InChI=1S/C18H24N2O/c1-2-8-20-14-9-17(13-6-4-3-5-7-13)11-15(20)18(10-14,12-17)16(19)21/h3-7,14-15H,2,8-12H2,1H3,(H2,19,21). The maximum absolute atomic E-state index is 12.3. The Morgan fingerprint density at radius 1 is 1.29 bits per heavy atom. The van der Waals surface area contributed by atoms with Crippen LogP contribution in [0.5, 0.6) is 0 Å². The summed E-state index contributed by atoms with van der Waals surface area (Å²) in [5, 5.41) is 0. The first-order valence-corrected chi connectivity index (χ1v) is 8.22. The van der Waals surface area contributed by atoms with E-state index in [4.69, 9.17) is 5.73 Å². The molecule has 4 fully saturated rings. The Bertz CT molecular complexity index is 572. The van der Waals surface area contributed by atoms with Gasteiger partial charge in [0, 0.05) is 12.1 Å². The monoisotopic (exact) mass is 284 g/mol. The van der Waals surface area contributed by atoms with Crippen molar-refractivity contribution >= 4 is 5.91 Å². The van der Waals surface area contributed by atoms with Crippen molar-refractivity contribution in [1.29, 1.82) is 0 Å². The number of hydrogen-bond donors (Lipinski definition) is 1. The number of amides is 1. The van der Waals surface area contributed by atoms with Crippen molar-refractivity contribution in [2.24, 2.45) is 11.1 Å².